The Labute approximate surface area is 121 Å². The smallest absolute Gasteiger partial charge is 0.228 e. The number of carbonyl (C=O) groups excluding carboxylic acids is 1. The summed E-state index contributed by atoms with van der Waals surface area (Å²) in [6, 6.07) is 0. The van der Waals surface area contributed by atoms with Crippen molar-refractivity contribution in [3.05, 3.63) is 29.4 Å². The molecule has 6 heteroatoms. The highest BCUT2D eigenvalue weighted by Gasteiger charge is 2.31. The number of aryl methyl sites for hydroxylation is 1. The molecule has 0 radical (unpaired) electrons. The van der Waals surface area contributed by atoms with Gasteiger partial charge >= 0.3 is 0 Å². The number of fused-ring (bicyclic) bond motifs is 1. The van der Waals surface area contributed by atoms with E-state index in [4.69, 9.17) is 0 Å². The molecule has 1 fully saturated rings. The summed E-state index contributed by atoms with van der Waals surface area (Å²) >= 11 is 1.53. The molecule has 0 bridgehead atoms. The third kappa shape index (κ3) is 2.14. The molecule has 1 N–H and O–H groups in total. The van der Waals surface area contributed by atoms with Crippen molar-refractivity contribution in [2.45, 2.75) is 38.1 Å². The third-order valence-electron chi connectivity index (χ3n) is 4.12. The minimum absolute atomic E-state index is 0.0269. The standard InChI is InChI=1S/C14H16N4OS/c19-13(10-3-5-18-6-4-15-11(18)7-10)17-14-12(9-1-2-9)16-8-20-14/h4,6,8-10H,1-3,5,7H2,(H,17,19). The molecule has 3 heterocycles. The zero-order valence-electron chi connectivity index (χ0n) is 11.1. The van der Waals surface area contributed by atoms with Gasteiger partial charge in [-0.2, -0.15) is 0 Å². The van der Waals surface area contributed by atoms with Gasteiger partial charge in [-0.25, -0.2) is 9.97 Å². The van der Waals surface area contributed by atoms with E-state index < -0.39 is 0 Å². The normalized spacial score (nSPS) is 21.5. The molecule has 0 aromatic carbocycles. The van der Waals surface area contributed by atoms with Crippen molar-refractivity contribution >= 4 is 22.2 Å². The van der Waals surface area contributed by atoms with E-state index in [0.717, 1.165) is 35.9 Å². The Kier molecular flexibility index (Phi) is 2.84. The van der Waals surface area contributed by atoms with Gasteiger partial charge in [0.05, 0.1) is 11.2 Å². The molecule has 1 atom stereocenters. The average molecular weight is 288 g/mol. The van der Waals surface area contributed by atoms with Crippen LogP contribution < -0.4 is 5.32 Å². The Hall–Kier alpha value is -1.69. The van der Waals surface area contributed by atoms with Gasteiger partial charge in [0.1, 0.15) is 10.8 Å². The van der Waals surface area contributed by atoms with Crippen LogP contribution in [0.1, 0.15) is 36.7 Å². The number of carbonyl (C=O) groups is 1. The monoisotopic (exact) mass is 288 g/mol. The van der Waals surface area contributed by atoms with E-state index in [0.29, 0.717) is 5.92 Å². The third-order valence-corrected chi connectivity index (χ3v) is 4.87. The lowest BCUT2D eigenvalue weighted by Crippen LogP contribution is -2.30. The highest BCUT2D eigenvalue weighted by Crippen LogP contribution is 2.44. The van der Waals surface area contributed by atoms with E-state index in [-0.39, 0.29) is 11.8 Å². The van der Waals surface area contributed by atoms with Crippen molar-refractivity contribution in [1.82, 2.24) is 14.5 Å². The quantitative estimate of drug-likeness (QED) is 0.943. The summed E-state index contributed by atoms with van der Waals surface area (Å²) in [6.45, 7) is 0.881. The minimum Gasteiger partial charge on any atom is -0.335 e. The average Bonchev–Trinajstić information content (AvgIpc) is 3.01. The maximum atomic E-state index is 12.4. The maximum absolute atomic E-state index is 12.4. The first kappa shape index (κ1) is 12.1. The van der Waals surface area contributed by atoms with Gasteiger partial charge in [-0.05, 0) is 19.3 Å². The van der Waals surface area contributed by atoms with Gasteiger partial charge in [0, 0.05) is 37.2 Å². The van der Waals surface area contributed by atoms with Crippen LogP contribution in [0.4, 0.5) is 5.00 Å². The number of thiazole rings is 1. The van der Waals surface area contributed by atoms with Gasteiger partial charge < -0.3 is 9.88 Å². The van der Waals surface area contributed by atoms with Crippen molar-refractivity contribution in [2.75, 3.05) is 5.32 Å². The van der Waals surface area contributed by atoms with Crippen molar-refractivity contribution in [2.24, 2.45) is 5.92 Å². The molecule has 1 amide bonds. The second-order valence-corrected chi connectivity index (χ2v) is 6.41. The number of amides is 1. The van der Waals surface area contributed by atoms with Crippen molar-refractivity contribution in [3.63, 3.8) is 0 Å². The van der Waals surface area contributed by atoms with Crippen molar-refractivity contribution < 1.29 is 4.79 Å². The Bertz CT molecular complexity index is 643. The van der Waals surface area contributed by atoms with E-state index in [1.807, 2.05) is 17.9 Å². The molecule has 2 aromatic heterocycles. The SMILES string of the molecule is O=C(Nc1scnc1C1CC1)C1CCn2ccnc2C1. The van der Waals surface area contributed by atoms with E-state index >= 15 is 0 Å². The van der Waals surface area contributed by atoms with Crippen LogP contribution in [0.3, 0.4) is 0 Å². The van der Waals surface area contributed by atoms with Crippen LogP contribution in [-0.4, -0.2) is 20.4 Å². The highest BCUT2D eigenvalue weighted by molar-refractivity contribution is 7.14. The number of hydrogen-bond acceptors (Lipinski definition) is 4. The van der Waals surface area contributed by atoms with E-state index in [9.17, 15) is 4.79 Å². The second kappa shape index (κ2) is 4.70. The number of imidazole rings is 1. The Balaban J connectivity index is 1.47. The van der Waals surface area contributed by atoms with Gasteiger partial charge in [-0.1, -0.05) is 0 Å². The number of hydrogen-bond donors (Lipinski definition) is 1. The summed E-state index contributed by atoms with van der Waals surface area (Å²) < 4.78 is 2.13. The second-order valence-electron chi connectivity index (χ2n) is 5.56. The topological polar surface area (TPSA) is 59.8 Å². The van der Waals surface area contributed by atoms with Gasteiger partial charge in [-0.15, -0.1) is 11.3 Å². The first-order valence-electron chi connectivity index (χ1n) is 7.05. The first-order valence-corrected chi connectivity index (χ1v) is 7.93. The number of anilines is 1. The number of aromatic nitrogens is 3. The Morgan fingerprint density at radius 1 is 1.35 bits per heavy atom. The Morgan fingerprint density at radius 2 is 2.25 bits per heavy atom. The van der Waals surface area contributed by atoms with Crippen LogP contribution >= 0.6 is 11.3 Å². The molecule has 104 valence electrons. The lowest BCUT2D eigenvalue weighted by molar-refractivity contribution is -0.120. The fourth-order valence-corrected chi connectivity index (χ4v) is 3.56. The molecule has 2 aromatic rings. The van der Waals surface area contributed by atoms with Crippen LogP contribution in [0, 0.1) is 5.92 Å². The zero-order valence-corrected chi connectivity index (χ0v) is 11.9. The van der Waals surface area contributed by atoms with E-state index in [1.54, 1.807) is 0 Å². The predicted octanol–water partition coefficient (Wildman–Crippen LogP) is 2.42. The largest absolute Gasteiger partial charge is 0.335 e. The fraction of sp³-hybridized carbons (Fsp3) is 0.500. The molecule has 1 aliphatic carbocycles. The van der Waals surface area contributed by atoms with Gasteiger partial charge in [0.25, 0.3) is 0 Å². The molecule has 4 rings (SSSR count). The summed E-state index contributed by atoms with van der Waals surface area (Å²) in [5, 5.41) is 4.04. The summed E-state index contributed by atoms with van der Waals surface area (Å²) in [5.74, 6) is 1.73. The van der Waals surface area contributed by atoms with Gasteiger partial charge in [0.15, 0.2) is 0 Å². The Morgan fingerprint density at radius 3 is 3.10 bits per heavy atom. The summed E-state index contributed by atoms with van der Waals surface area (Å²) in [6.07, 6.45) is 7.81. The lowest BCUT2D eigenvalue weighted by atomic mass is 9.97. The summed E-state index contributed by atoms with van der Waals surface area (Å²) in [7, 11) is 0. The molecular weight excluding hydrogens is 272 g/mol. The fourth-order valence-electron chi connectivity index (χ4n) is 2.78. The lowest BCUT2D eigenvalue weighted by Gasteiger charge is -2.22. The van der Waals surface area contributed by atoms with Gasteiger partial charge in [-0.3, -0.25) is 4.79 Å². The molecule has 20 heavy (non-hydrogen) atoms. The number of nitrogens with one attached hydrogen (secondary N) is 1. The van der Waals surface area contributed by atoms with Gasteiger partial charge in [0.2, 0.25) is 5.91 Å². The number of nitrogens with zero attached hydrogens (tertiary/aromatic N) is 3. The van der Waals surface area contributed by atoms with Crippen LogP contribution in [0.2, 0.25) is 0 Å². The van der Waals surface area contributed by atoms with Crippen LogP contribution in [0.5, 0.6) is 0 Å². The number of rotatable bonds is 3. The minimum atomic E-state index is 0.0269. The summed E-state index contributed by atoms with van der Waals surface area (Å²) in [5.41, 5.74) is 2.91. The molecule has 0 saturated heterocycles. The highest BCUT2D eigenvalue weighted by atomic mass is 32.1. The predicted molar refractivity (Wildman–Crippen MR) is 76.8 cm³/mol. The van der Waals surface area contributed by atoms with Crippen LogP contribution in [0.15, 0.2) is 17.9 Å². The van der Waals surface area contributed by atoms with Crippen LogP contribution in [-0.2, 0) is 17.8 Å². The van der Waals surface area contributed by atoms with E-state index in [2.05, 4.69) is 19.9 Å². The first-order chi connectivity index (χ1) is 9.81. The maximum Gasteiger partial charge on any atom is 0.228 e. The molecule has 2 aliphatic rings. The zero-order chi connectivity index (χ0) is 13.5. The molecule has 1 aliphatic heterocycles. The van der Waals surface area contributed by atoms with E-state index in [1.165, 1.54) is 24.2 Å². The molecule has 0 spiro atoms. The molecule has 5 nitrogen and oxygen atoms in total. The molecule has 1 unspecified atom stereocenters. The van der Waals surface area contributed by atoms with Crippen molar-refractivity contribution in [3.8, 4) is 0 Å². The van der Waals surface area contributed by atoms with Crippen LogP contribution in [0.25, 0.3) is 0 Å². The molecule has 1 saturated carbocycles. The summed E-state index contributed by atoms with van der Waals surface area (Å²) in [4.78, 5) is 21.1. The van der Waals surface area contributed by atoms with Crippen molar-refractivity contribution in [1.29, 1.82) is 0 Å². The molecular formula is C14H16N4OS.